The van der Waals surface area contributed by atoms with E-state index in [1.54, 1.807) is 0 Å². The highest BCUT2D eigenvalue weighted by Crippen LogP contribution is 2.32. The standard InChI is InChI=1S/C10H15NO4/c12-8-5-7(9(11-8)10(13)14)6-1-3-15-4-2-6/h6-7,9H,1-5H2,(H,11,12)(H,13,14). The maximum absolute atomic E-state index is 11.2. The molecule has 2 heterocycles. The Hall–Kier alpha value is -1.10. The van der Waals surface area contributed by atoms with Gasteiger partial charge in [0.1, 0.15) is 6.04 Å². The minimum absolute atomic E-state index is 0.0566. The van der Waals surface area contributed by atoms with Gasteiger partial charge in [-0.2, -0.15) is 0 Å². The molecular weight excluding hydrogens is 198 g/mol. The fraction of sp³-hybridized carbons (Fsp3) is 0.800. The molecule has 5 nitrogen and oxygen atoms in total. The van der Waals surface area contributed by atoms with E-state index in [4.69, 9.17) is 9.84 Å². The van der Waals surface area contributed by atoms with E-state index in [1.165, 1.54) is 0 Å². The van der Waals surface area contributed by atoms with Crippen LogP contribution in [0.4, 0.5) is 0 Å². The van der Waals surface area contributed by atoms with Gasteiger partial charge in [0.05, 0.1) is 0 Å². The van der Waals surface area contributed by atoms with Crippen LogP contribution < -0.4 is 5.32 Å². The molecule has 15 heavy (non-hydrogen) atoms. The normalized spacial score (nSPS) is 32.7. The van der Waals surface area contributed by atoms with E-state index in [9.17, 15) is 9.59 Å². The third kappa shape index (κ3) is 2.12. The number of ether oxygens (including phenoxy) is 1. The zero-order chi connectivity index (χ0) is 10.8. The summed E-state index contributed by atoms with van der Waals surface area (Å²) in [4.78, 5) is 22.2. The lowest BCUT2D eigenvalue weighted by Crippen LogP contribution is -2.40. The van der Waals surface area contributed by atoms with Crippen molar-refractivity contribution < 1.29 is 19.4 Å². The van der Waals surface area contributed by atoms with Crippen molar-refractivity contribution in [3.63, 3.8) is 0 Å². The van der Waals surface area contributed by atoms with E-state index in [-0.39, 0.29) is 11.8 Å². The van der Waals surface area contributed by atoms with Crippen molar-refractivity contribution in [1.82, 2.24) is 5.32 Å². The summed E-state index contributed by atoms with van der Waals surface area (Å²) >= 11 is 0. The molecule has 0 radical (unpaired) electrons. The number of carboxylic acid groups (broad SMARTS) is 1. The number of carbonyl (C=O) groups excluding carboxylic acids is 1. The quantitative estimate of drug-likeness (QED) is 0.677. The van der Waals surface area contributed by atoms with Gasteiger partial charge in [-0.15, -0.1) is 0 Å². The van der Waals surface area contributed by atoms with Crippen molar-refractivity contribution in [2.24, 2.45) is 11.8 Å². The molecule has 0 aromatic heterocycles. The second kappa shape index (κ2) is 4.18. The van der Waals surface area contributed by atoms with Crippen LogP contribution in [0.3, 0.4) is 0 Å². The fourth-order valence-corrected chi connectivity index (χ4v) is 2.50. The Labute approximate surface area is 87.8 Å². The molecule has 2 rings (SSSR count). The molecule has 0 aromatic rings. The molecule has 2 aliphatic rings. The van der Waals surface area contributed by atoms with Crippen LogP contribution in [0.1, 0.15) is 19.3 Å². The van der Waals surface area contributed by atoms with Gasteiger partial charge in [-0.05, 0) is 18.8 Å². The van der Waals surface area contributed by atoms with Gasteiger partial charge in [-0.3, -0.25) is 4.79 Å². The van der Waals surface area contributed by atoms with Crippen molar-refractivity contribution in [3.05, 3.63) is 0 Å². The van der Waals surface area contributed by atoms with Crippen LogP contribution in [0.2, 0.25) is 0 Å². The summed E-state index contributed by atoms with van der Waals surface area (Å²) in [6, 6.07) is -0.694. The lowest BCUT2D eigenvalue weighted by atomic mass is 9.81. The van der Waals surface area contributed by atoms with E-state index in [0.29, 0.717) is 25.6 Å². The Balaban J connectivity index is 2.05. The number of carboxylic acids is 1. The van der Waals surface area contributed by atoms with Gasteiger partial charge in [-0.25, -0.2) is 4.79 Å². The van der Waals surface area contributed by atoms with E-state index in [1.807, 2.05) is 0 Å². The van der Waals surface area contributed by atoms with Crippen LogP contribution in [0.15, 0.2) is 0 Å². The van der Waals surface area contributed by atoms with Gasteiger partial charge >= 0.3 is 5.97 Å². The summed E-state index contributed by atoms with van der Waals surface area (Å²) in [5.74, 6) is -0.811. The molecule has 2 fully saturated rings. The van der Waals surface area contributed by atoms with E-state index >= 15 is 0 Å². The van der Waals surface area contributed by atoms with Crippen LogP contribution in [-0.2, 0) is 14.3 Å². The van der Waals surface area contributed by atoms with Crippen LogP contribution in [0, 0.1) is 11.8 Å². The third-order valence-corrected chi connectivity index (χ3v) is 3.30. The van der Waals surface area contributed by atoms with E-state index < -0.39 is 12.0 Å². The first-order valence-corrected chi connectivity index (χ1v) is 5.28. The molecule has 2 saturated heterocycles. The average Bonchev–Trinajstić information content (AvgIpc) is 2.62. The summed E-state index contributed by atoms with van der Waals surface area (Å²) in [5, 5.41) is 11.5. The summed E-state index contributed by atoms with van der Waals surface area (Å²) < 4.78 is 5.23. The SMILES string of the molecule is O=C1CC(C2CCOCC2)C(C(=O)O)N1. The van der Waals surface area contributed by atoms with Gasteiger partial charge in [0, 0.05) is 25.6 Å². The molecule has 2 unspecified atom stereocenters. The van der Waals surface area contributed by atoms with Crippen molar-refractivity contribution in [1.29, 1.82) is 0 Å². The average molecular weight is 213 g/mol. The zero-order valence-corrected chi connectivity index (χ0v) is 8.44. The molecule has 1 amide bonds. The van der Waals surface area contributed by atoms with Gasteiger partial charge in [0.2, 0.25) is 5.91 Å². The number of hydrogen-bond acceptors (Lipinski definition) is 3. The lowest BCUT2D eigenvalue weighted by molar-refractivity contribution is -0.141. The minimum atomic E-state index is -0.919. The second-order valence-corrected chi connectivity index (χ2v) is 4.20. The highest BCUT2D eigenvalue weighted by molar-refractivity contribution is 5.88. The Morgan fingerprint density at radius 3 is 2.67 bits per heavy atom. The number of aliphatic carboxylic acids is 1. The summed E-state index contributed by atoms with van der Waals surface area (Å²) in [5.41, 5.74) is 0. The predicted molar refractivity (Wildman–Crippen MR) is 51.2 cm³/mol. The van der Waals surface area contributed by atoms with Gasteiger partial charge in [0.25, 0.3) is 0 Å². The van der Waals surface area contributed by atoms with Crippen molar-refractivity contribution >= 4 is 11.9 Å². The molecule has 0 aliphatic carbocycles. The maximum Gasteiger partial charge on any atom is 0.326 e. The number of carbonyl (C=O) groups is 2. The van der Waals surface area contributed by atoms with E-state index in [0.717, 1.165) is 12.8 Å². The second-order valence-electron chi connectivity index (χ2n) is 4.20. The topological polar surface area (TPSA) is 75.6 Å². The first-order chi connectivity index (χ1) is 7.18. The molecule has 84 valence electrons. The molecule has 2 N–H and O–H groups in total. The molecule has 2 aliphatic heterocycles. The van der Waals surface area contributed by atoms with Gasteiger partial charge < -0.3 is 15.2 Å². The molecule has 0 saturated carbocycles. The Bertz CT molecular complexity index is 273. The van der Waals surface area contributed by atoms with Crippen LogP contribution in [0.5, 0.6) is 0 Å². The fourth-order valence-electron chi connectivity index (χ4n) is 2.50. The first-order valence-electron chi connectivity index (χ1n) is 5.28. The maximum atomic E-state index is 11.2. The van der Waals surface area contributed by atoms with Crippen LogP contribution in [-0.4, -0.2) is 36.2 Å². The zero-order valence-electron chi connectivity index (χ0n) is 8.44. The van der Waals surface area contributed by atoms with Crippen molar-refractivity contribution in [3.8, 4) is 0 Å². The smallest absolute Gasteiger partial charge is 0.326 e. The predicted octanol–water partition coefficient (Wildman–Crippen LogP) is 0.00230. The number of hydrogen-bond donors (Lipinski definition) is 2. The summed E-state index contributed by atoms with van der Waals surface area (Å²) in [6.07, 6.45) is 2.08. The molecule has 0 bridgehead atoms. The number of rotatable bonds is 2. The molecule has 0 spiro atoms. The lowest BCUT2D eigenvalue weighted by Gasteiger charge is -2.28. The first kappa shape index (κ1) is 10.4. The number of nitrogens with one attached hydrogen (secondary N) is 1. The monoisotopic (exact) mass is 213 g/mol. The Kier molecular flexibility index (Phi) is 2.90. The summed E-state index contributed by atoms with van der Waals surface area (Å²) in [7, 11) is 0. The van der Waals surface area contributed by atoms with Crippen molar-refractivity contribution in [2.45, 2.75) is 25.3 Å². The molecular formula is C10H15NO4. The largest absolute Gasteiger partial charge is 0.480 e. The van der Waals surface area contributed by atoms with E-state index in [2.05, 4.69) is 5.32 Å². The van der Waals surface area contributed by atoms with Crippen LogP contribution >= 0.6 is 0 Å². The van der Waals surface area contributed by atoms with Gasteiger partial charge in [-0.1, -0.05) is 0 Å². The molecule has 5 heteroatoms. The summed E-state index contributed by atoms with van der Waals surface area (Å²) in [6.45, 7) is 1.36. The Morgan fingerprint density at radius 1 is 1.40 bits per heavy atom. The molecule has 0 aromatic carbocycles. The molecule has 2 atom stereocenters. The highest BCUT2D eigenvalue weighted by Gasteiger charge is 2.42. The third-order valence-electron chi connectivity index (χ3n) is 3.30. The van der Waals surface area contributed by atoms with Crippen LogP contribution in [0.25, 0.3) is 0 Å². The van der Waals surface area contributed by atoms with Gasteiger partial charge in [0.15, 0.2) is 0 Å². The minimum Gasteiger partial charge on any atom is -0.480 e. The highest BCUT2D eigenvalue weighted by atomic mass is 16.5. The van der Waals surface area contributed by atoms with Crippen molar-refractivity contribution in [2.75, 3.05) is 13.2 Å². The Morgan fingerprint density at radius 2 is 2.07 bits per heavy atom. The number of amides is 1.